The molecule has 2 rings (SSSR count). The van der Waals surface area contributed by atoms with E-state index in [1.54, 1.807) is 32.9 Å². The molecule has 2 nitrogen and oxygen atoms in total. The van der Waals surface area contributed by atoms with Gasteiger partial charge in [-0.2, -0.15) is 0 Å². The Morgan fingerprint density at radius 2 is 1.30 bits per heavy atom. The predicted octanol–water partition coefficient (Wildman–Crippen LogP) is 8.80. The van der Waals surface area contributed by atoms with Crippen LogP contribution in [-0.4, -0.2) is 16.3 Å². The Kier molecular flexibility index (Phi) is 15.6. The molecule has 0 saturated carbocycles. The molecule has 0 amide bonds. The molecule has 2 aromatic carbocycles. The number of ether oxygens (including phenoxy) is 1. The van der Waals surface area contributed by atoms with Crippen LogP contribution in [0.4, 0.5) is 8.78 Å². The molecule has 1 N–H and O–H groups in total. The van der Waals surface area contributed by atoms with Gasteiger partial charge in [-0.1, -0.05) is 61.3 Å². The Hall–Kier alpha value is -0.340. The number of alkyl halides is 1. The Morgan fingerprint density at radius 1 is 0.833 bits per heavy atom. The van der Waals surface area contributed by atoms with Crippen LogP contribution in [0.15, 0.2) is 45.3 Å². The molecule has 0 aliphatic heterocycles. The first kappa shape index (κ1) is 31.8. The zero-order chi connectivity index (χ0) is 22.8. The van der Waals surface area contributed by atoms with Crippen LogP contribution in [0.1, 0.15) is 60.1 Å². The minimum atomic E-state index is -0.500. The molecule has 0 bridgehead atoms. The van der Waals surface area contributed by atoms with E-state index in [0.29, 0.717) is 6.61 Å². The smallest absolute Gasteiger partial charge is 0.124 e. The van der Waals surface area contributed by atoms with Crippen LogP contribution in [-0.2, 0) is 16.7 Å². The average molecular weight is 619 g/mol. The van der Waals surface area contributed by atoms with Gasteiger partial charge in [0.05, 0.1) is 17.8 Å². The lowest BCUT2D eigenvalue weighted by Crippen LogP contribution is -2.18. The quantitative estimate of drug-likeness (QED) is 0.348. The summed E-state index contributed by atoms with van der Waals surface area (Å²) in [6.45, 7) is 11.6. The fraction of sp³-hybridized carbons (Fsp3) is 0.478. The molecule has 0 radical (unpaired) electrons. The maximum Gasteiger partial charge on any atom is 0.124 e. The van der Waals surface area contributed by atoms with E-state index in [1.165, 1.54) is 24.3 Å². The highest BCUT2D eigenvalue weighted by molar-refractivity contribution is 9.11. The van der Waals surface area contributed by atoms with Crippen molar-refractivity contribution < 1.29 is 18.6 Å². The van der Waals surface area contributed by atoms with Gasteiger partial charge in [0.1, 0.15) is 11.6 Å². The molecule has 0 aliphatic rings. The molecule has 0 aromatic heterocycles. The monoisotopic (exact) mass is 616 g/mol. The highest BCUT2D eigenvalue weighted by atomic mass is 79.9. The van der Waals surface area contributed by atoms with Crippen molar-refractivity contribution in [1.82, 2.24) is 0 Å². The molecule has 0 aliphatic carbocycles. The van der Waals surface area contributed by atoms with Gasteiger partial charge in [0.15, 0.2) is 0 Å². The number of halogens is 5. The molecule has 172 valence electrons. The second-order valence-electron chi connectivity index (χ2n) is 8.18. The molecule has 30 heavy (non-hydrogen) atoms. The van der Waals surface area contributed by atoms with Crippen molar-refractivity contribution in [2.75, 3.05) is 0 Å². The van der Waals surface area contributed by atoms with E-state index < -0.39 is 5.60 Å². The van der Waals surface area contributed by atoms with Crippen LogP contribution in [0.2, 0.25) is 0 Å². The second kappa shape index (κ2) is 14.7. The summed E-state index contributed by atoms with van der Waals surface area (Å²) < 4.78 is 32.6. The van der Waals surface area contributed by atoms with E-state index >= 15 is 0 Å². The van der Waals surface area contributed by atoms with E-state index in [4.69, 9.17) is 9.84 Å². The molecule has 0 spiro atoms. The summed E-state index contributed by atoms with van der Waals surface area (Å²) in [6, 6.07) is 9.24. The molecule has 0 heterocycles. The van der Waals surface area contributed by atoms with E-state index in [1.807, 2.05) is 20.8 Å². The fourth-order valence-electron chi connectivity index (χ4n) is 1.58. The van der Waals surface area contributed by atoms with Crippen LogP contribution in [0.5, 0.6) is 0 Å². The lowest BCUT2D eigenvalue weighted by molar-refractivity contribution is -0.0153. The lowest BCUT2D eigenvalue weighted by Gasteiger charge is -2.20. The molecule has 0 unspecified atom stereocenters. The van der Waals surface area contributed by atoms with Crippen LogP contribution >= 0.6 is 47.8 Å². The molecule has 0 saturated heterocycles. The van der Waals surface area contributed by atoms with Crippen molar-refractivity contribution >= 4 is 47.8 Å². The van der Waals surface area contributed by atoms with Gasteiger partial charge in [-0.05, 0) is 83.0 Å². The minimum Gasteiger partial charge on any atom is -0.391 e. The van der Waals surface area contributed by atoms with Gasteiger partial charge in [-0.3, -0.25) is 0 Å². The summed E-state index contributed by atoms with van der Waals surface area (Å²) in [4.78, 5) is 0. The third-order valence-electron chi connectivity index (χ3n) is 2.83. The number of hydrogen-bond donors (Lipinski definition) is 1. The first-order chi connectivity index (χ1) is 13.1. The zero-order valence-corrected chi connectivity index (χ0v) is 22.4. The molecular formula is C23H33Br3F2O2. The largest absolute Gasteiger partial charge is 0.391 e. The van der Waals surface area contributed by atoms with Crippen molar-refractivity contribution in [3.8, 4) is 0 Å². The summed E-state index contributed by atoms with van der Waals surface area (Å²) in [5, 5.41) is 9.26. The van der Waals surface area contributed by atoms with Gasteiger partial charge in [0.2, 0.25) is 0 Å². The summed E-state index contributed by atoms with van der Waals surface area (Å²) >= 11 is 9.87. The van der Waals surface area contributed by atoms with Gasteiger partial charge in [0, 0.05) is 14.3 Å². The number of benzene rings is 2. The maximum absolute atomic E-state index is 12.9. The van der Waals surface area contributed by atoms with Gasteiger partial charge in [0.25, 0.3) is 0 Å². The second-order valence-corrected chi connectivity index (χ2v) is 10.4. The van der Waals surface area contributed by atoms with Crippen LogP contribution in [0, 0.1) is 11.6 Å². The molecule has 7 heteroatoms. The molecular weight excluding hydrogens is 586 g/mol. The maximum atomic E-state index is 12.9. The summed E-state index contributed by atoms with van der Waals surface area (Å²) in [5.41, 5.74) is 1.19. The third-order valence-corrected chi connectivity index (χ3v) is 4.94. The normalized spacial score (nSPS) is 10.8. The standard InChI is InChI=1S/C11H14BrFO.C7H5Br2F.C4H10O.CH4/c1-11(2,3)14-7-8-6-9(13)4-5-10(8)12;8-4-5-1-2-6(10)3-7(5)9;1-4(2,3)5;/h4-6H,7H2,1-3H3;1-3H,4H2;5H,1-3H3;1H4. The van der Waals surface area contributed by atoms with Gasteiger partial charge < -0.3 is 9.84 Å². The van der Waals surface area contributed by atoms with Gasteiger partial charge in [-0.25, -0.2) is 8.78 Å². The number of rotatable bonds is 3. The Morgan fingerprint density at radius 3 is 1.73 bits per heavy atom. The van der Waals surface area contributed by atoms with Crippen molar-refractivity contribution in [2.45, 2.75) is 72.1 Å². The van der Waals surface area contributed by atoms with Gasteiger partial charge >= 0.3 is 0 Å². The topological polar surface area (TPSA) is 29.5 Å². The predicted molar refractivity (Wildman–Crippen MR) is 134 cm³/mol. The summed E-state index contributed by atoms with van der Waals surface area (Å²) in [6.07, 6.45) is 0. The van der Waals surface area contributed by atoms with Gasteiger partial charge in [-0.15, -0.1) is 0 Å². The van der Waals surface area contributed by atoms with Crippen molar-refractivity contribution in [3.05, 3.63) is 68.1 Å². The average Bonchev–Trinajstić information content (AvgIpc) is 2.54. The first-order valence-corrected chi connectivity index (χ1v) is 11.6. The minimum absolute atomic E-state index is 0. The van der Waals surface area contributed by atoms with Crippen molar-refractivity contribution in [2.24, 2.45) is 0 Å². The van der Waals surface area contributed by atoms with E-state index in [2.05, 4.69) is 47.8 Å². The molecule has 0 atom stereocenters. The number of hydrogen-bond acceptors (Lipinski definition) is 2. The SMILES string of the molecule is C.CC(C)(C)O.CC(C)(C)OCc1cc(F)ccc1Br.Fc1ccc(CBr)c(Br)c1. The third kappa shape index (κ3) is 17.4. The molecule has 2 aromatic rings. The Balaban J connectivity index is 0. The highest BCUT2D eigenvalue weighted by Gasteiger charge is 2.11. The number of aliphatic hydroxyl groups is 1. The first-order valence-electron chi connectivity index (χ1n) is 8.92. The van der Waals surface area contributed by atoms with Crippen LogP contribution < -0.4 is 0 Å². The molecule has 0 fully saturated rings. The van der Waals surface area contributed by atoms with E-state index in [-0.39, 0.29) is 24.7 Å². The van der Waals surface area contributed by atoms with Crippen LogP contribution in [0.25, 0.3) is 0 Å². The highest BCUT2D eigenvalue weighted by Crippen LogP contribution is 2.21. The van der Waals surface area contributed by atoms with Crippen molar-refractivity contribution in [1.29, 1.82) is 0 Å². The van der Waals surface area contributed by atoms with E-state index in [9.17, 15) is 8.78 Å². The van der Waals surface area contributed by atoms with E-state index in [0.717, 1.165) is 25.4 Å². The Bertz CT molecular complexity index is 749. The fourth-order valence-corrected chi connectivity index (χ4v) is 3.30. The Labute approximate surface area is 205 Å². The lowest BCUT2D eigenvalue weighted by atomic mass is 10.2. The summed E-state index contributed by atoms with van der Waals surface area (Å²) in [5.74, 6) is -0.447. The van der Waals surface area contributed by atoms with Crippen LogP contribution in [0.3, 0.4) is 0 Å². The van der Waals surface area contributed by atoms with Crippen molar-refractivity contribution in [3.63, 3.8) is 0 Å². The summed E-state index contributed by atoms with van der Waals surface area (Å²) in [7, 11) is 0. The zero-order valence-electron chi connectivity index (χ0n) is 17.6.